The maximum atomic E-state index is 11.6. The van der Waals surface area contributed by atoms with Crippen molar-refractivity contribution >= 4 is 23.1 Å². The lowest BCUT2D eigenvalue weighted by Crippen LogP contribution is -2.44. The van der Waals surface area contributed by atoms with Crippen LogP contribution < -0.4 is 0 Å². The van der Waals surface area contributed by atoms with E-state index < -0.39 is 23.1 Å². The normalized spacial score (nSPS) is 20.5. The molecule has 1 fully saturated rings. The third-order valence-corrected chi connectivity index (χ3v) is 4.66. The summed E-state index contributed by atoms with van der Waals surface area (Å²) < 4.78 is 21.0. The number of carbonyl (C=O) groups excluding carboxylic acids is 2. The predicted octanol–water partition coefficient (Wildman–Crippen LogP) is 2.12. The summed E-state index contributed by atoms with van der Waals surface area (Å²) in [7, 11) is 0. The van der Waals surface area contributed by atoms with Crippen LogP contribution in [0.2, 0.25) is 0 Å². The molecule has 0 radical (unpaired) electrons. The van der Waals surface area contributed by atoms with Crippen molar-refractivity contribution < 1.29 is 23.6 Å². The van der Waals surface area contributed by atoms with E-state index in [4.69, 9.17) is 9.47 Å². The van der Waals surface area contributed by atoms with Gasteiger partial charge < -0.3 is 14.0 Å². The summed E-state index contributed by atoms with van der Waals surface area (Å²) in [5.41, 5.74) is 0.0867. The van der Waals surface area contributed by atoms with Gasteiger partial charge in [-0.25, -0.2) is 4.79 Å². The molecule has 6 heteroatoms. The third kappa shape index (κ3) is 7.52. The number of ether oxygens (including phenoxy) is 2. The second kappa shape index (κ2) is 9.84. The maximum absolute atomic E-state index is 11.6. The van der Waals surface area contributed by atoms with E-state index in [1.807, 2.05) is 0 Å². The molecule has 1 rings (SSSR count). The Morgan fingerprint density at radius 1 is 1.24 bits per heavy atom. The van der Waals surface area contributed by atoms with E-state index in [1.54, 1.807) is 0 Å². The van der Waals surface area contributed by atoms with Gasteiger partial charge in [-0.3, -0.25) is 4.79 Å². The summed E-state index contributed by atoms with van der Waals surface area (Å²) in [5.74, 6) is -0.302. The lowest BCUT2D eigenvalue weighted by Gasteiger charge is -2.28. The van der Waals surface area contributed by atoms with Gasteiger partial charge in [0.25, 0.3) is 0 Å². The topological polar surface area (TPSA) is 75.7 Å². The first-order chi connectivity index (χ1) is 10.0. The highest BCUT2D eigenvalue weighted by Crippen LogP contribution is 2.16. The zero-order chi connectivity index (χ0) is 15.7. The second-order valence-electron chi connectivity index (χ2n) is 5.22. The van der Waals surface area contributed by atoms with Crippen molar-refractivity contribution in [1.29, 1.82) is 0 Å². The molecular weight excluding hydrogens is 292 g/mol. The van der Waals surface area contributed by atoms with Gasteiger partial charge in [-0.05, 0) is 17.6 Å². The average Bonchev–Trinajstić information content (AvgIpc) is 2.40. The van der Waals surface area contributed by atoms with Crippen molar-refractivity contribution in [2.45, 2.75) is 51.6 Å². The van der Waals surface area contributed by atoms with Gasteiger partial charge in [0.15, 0.2) is 6.10 Å². The highest BCUT2D eigenvalue weighted by molar-refractivity contribution is 7.92. The molecule has 0 aliphatic carbocycles. The molecule has 0 aromatic heterocycles. The van der Waals surface area contributed by atoms with Gasteiger partial charge in [0.05, 0.1) is 13.0 Å². The second-order valence-corrected chi connectivity index (χ2v) is 6.76. The van der Waals surface area contributed by atoms with E-state index in [0.29, 0.717) is 18.1 Å². The zero-order valence-corrected chi connectivity index (χ0v) is 13.4. The fraction of sp³-hybridized carbons (Fsp3) is 0.733. The van der Waals surface area contributed by atoms with Crippen molar-refractivity contribution in [1.82, 2.24) is 0 Å². The maximum Gasteiger partial charge on any atom is 0.334 e. The molecule has 21 heavy (non-hydrogen) atoms. The summed E-state index contributed by atoms with van der Waals surface area (Å²) in [6.45, 7) is 6.07. The predicted molar refractivity (Wildman–Crippen MR) is 81.2 cm³/mol. The third-order valence-electron chi connectivity index (χ3n) is 3.17. The number of esters is 2. The Hall–Kier alpha value is -1.01. The van der Waals surface area contributed by atoms with Gasteiger partial charge in [-0.2, -0.15) is 0 Å². The monoisotopic (exact) mass is 316 g/mol. The Kier molecular flexibility index (Phi) is 8.45. The summed E-state index contributed by atoms with van der Waals surface area (Å²) in [6, 6.07) is 0. The largest absolute Gasteiger partial charge is 0.616 e. The van der Waals surface area contributed by atoms with Crippen LogP contribution in [0.4, 0.5) is 0 Å². The Morgan fingerprint density at radius 2 is 1.90 bits per heavy atom. The summed E-state index contributed by atoms with van der Waals surface area (Å²) in [4.78, 5) is 23.1. The molecule has 0 amide bonds. The molecule has 0 aromatic rings. The van der Waals surface area contributed by atoms with Crippen molar-refractivity contribution in [3.63, 3.8) is 0 Å². The Balaban J connectivity index is 2.07. The van der Waals surface area contributed by atoms with Crippen LogP contribution in [0.25, 0.3) is 0 Å². The van der Waals surface area contributed by atoms with Crippen molar-refractivity contribution in [3.05, 3.63) is 12.2 Å². The molecule has 0 saturated carbocycles. The lowest BCUT2D eigenvalue weighted by molar-refractivity contribution is -0.148. The van der Waals surface area contributed by atoms with Crippen LogP contribution in [-0.2, 0) is 30.2 Å². The highest BCUT2D eigenvalue weighted by atomic mass is 32.2. The van der Waals surface area contributed by atoms with Crippen LogP contribution in [0.5, 0.6) is 0 Å². The van der Waals surface area contributed by atoms with Gasteiger partial charge in [-0.15, -0.1) is 0 Å². The molecule has 0 bridgehead atoms. The number of rotatable bonds is 10. The molecule has 1 aliphatic heterocycles. The van der Waals surface area contributed by atoms with Gasteiger partial charge in [-0.1, -0.05) is 39.2 Å². The molecule has 0 atom stereocenters. The van der Waals surface area contributed by atoms with Crippen LogP contribution in [0.3, 0.4) is 0 Å². The number of carbonyl (C=O) groups is 2. The first-order valence-corrected chi connectivity index (χ1v) is 8.91. The fourth-order valence-corrected chi connectivity index (χ4v) is 2.73. The molecule has 5 nitrogen and oxygen atoms in total. The highest BCUT2D eigenvalue weighted by Gasteiger charge is 2.35. The van der Waals surface area contributed by atoms with Crippen molar-refractivity contribution in [2.24, 2.45) is 0 Å². The summed E-state index contributed by atoms with van der Waals surface area (Å²) >= 11 is -0.869. The first-order valence-electron chi connectivity index (χ1n) is 7.42. The van der Waals surface area contributed by atoms with Gasteiger partial charge >= 0.3 is 11.9 Å². The number of hydrogen-bond donors (Lipinski definition) is 0. The molecule has 0 spiro atoms. The average molecular weight is 316 g/mol. The minimum Gasteiger partial charge on any atom is -0.616 e. The SMILES string of the molecule is C=C(CC(=O)OCCCCCCC)C(=O)OC1C[S+]([O-])C1. The molecule has 1 heterocycles. The zero-order valence-electron chi connectivity index (χ0n) is 12.6. The number of hydrogen-bond acceptors (Lipinski definition) is 5. The van der Waals surface area contributed by atoms with Crippen LogP contribution in [0.1, 0.15) is 45.4 Å². The smallest absolute Gasteiger partial charge is 0.334 e. The molecule has 0 aromatic carbocycles. The van der Waals surface area contributed by atoms with Gasteiger partial charge in [0.1, 0.15) is 11.5 Å². The van der Waals surface area contributed by atoms with Crippen LogP contribution >= 0.6 is 0 Å². The molecular formula is C15H24O5S. The van der Waals surface area contributed by atoms with E-state index in [2.05, 4.69) is 13.5 Å². The van der Waals surface area contributed by atoms with E-state index >= 15 is 0 Å². The van der Waals surface area contributed by atoms with E-state index in [0.717, 1.165) is 19.3 Å². The molecule has 0 N–H and O–H groups in total. The van der Waals surface area contributed by atoms with Crippen molar-refractivity contribution in [2.75, 3.05) is 18.1 Å². The summed E-state index contributed by atoms with van der Waals surface area (Å²) in [5, 5.41) is 0. The number of unbranched alkanes of at least 4 members (excludes halogenated alkanes) is 4. The van der Waals surface area contributed by atoms with Gasteiger partial charge in [0.2, 0.25) is 0 Å². The Morgan fingerprint density at radius 3 is 2.52 bits per heavy atom. The van der Waals surface area contributed by atoms with E-state index in [1.165, 1.54) is 12.8 Å². The quantitative estimate of drug-likeness (QED) is 0.267. The molecule has 1 saturated heterocycles. The molecule has 1 aliphatic rings. The minimum absolute atomic E-state index is 0.0867. The van der Waals surface area contributed by atoms with E-state index in [9.17, 15) is 14.1 Å². The van der Waals surface area contributed by atoms with Crippen molar-refractivity contribution in [3.8, 4) is 0 Å². The van der Waals surface area contributed by atoms with Crippen LogP contribution in [0.15, 0.2) is 12.2 Å². The van der Waals surface area contributed by atoms with Crippen LogP contribution in [-0.4, -0.2) is 40.7 Å². The molecule has 0 unspecified atom stereocenters. The van der Waals surface area contributed by atoms with Gasteiger partial charge in [0, 0.05) is 5.57 Å². The van der Waals surface area contributed by atoms with Crippen LogP contribution in [0, 0.1) is 0 Å². The summed E-state index contributed by atoms with van der Waals surface area (Å²) in [6.07, 6.45) is 4.96. The van der Waals surface area contributed by atoms with E-state index in [-0.39, 0.29) is 18.1 Å². The Labute approximate surface area is 129 Å². The fourth-order valence-electron chi connectivity index (χ4n) is 1.86. The Bertz CT molecular complexity index is 363. The lowest BCUT2D eigenvalue weighted by atomic mass is 10.2. The first kappa shape index (κ1) is 18.0. The molecule has 120 valence electrons. The standard InChI is InChI=1S/C15H24O5S/c1-3-4-5-6-7-8-19-14(16)9-12(2)15(17)20-13-10-21(18)11-13/h13H,2-11H2,1H3. The minimum atomic E-state index is -0.869.